The van der Waals surface area contributed by atoms with Crippen LogP contribution in [0.25, 0.3) is 0 Å². The molecule has 1 heterocycles. The van der Waals surface area contributed by atoms with Crippen LogP contribution in [0.5, 0.6) is 0 Å². The zero-order chi connectivity index (χ0) is 7.56. The molecule has 0 aliphatic rings. The van der Waals surface area contributed by atoms with Gasteiger partial charge in [-0.25, -0.2) is 0 Å². The lowest BCUT2D eigenvalue weighted by atomic mass is 10.2. The molecule has 0 bridgehead atoms. The van der Waals surface area contributed by atoms with Crippen molar-refractivity contribution in [1.82, 2.24) is 0 Å². The third-order valence-electron chi connectivity index (χ3n) is 1.16. The van der Waals surface area contributed by atoms with E-state index >= 15 is 0 Å². The lowest BCUT2D eigenvalue weighted by molar-refractivity contribution is 0.565. The van der Waals surface area contributed by atoms with Crippen LogP contribution in [0.1, 0.15) is 11.6 Å². The van der Waals surface area contributed by atoms with Crippen LogP contribution in [0.4, 0.5) is 0 Å². The summed E-state index contributed by atoms with van der Waals surface area (Å²) in [5.74, 6) is 2.34. The molecular formula is C7H6ClNO. The lowest BCUT2D eigenvalue weighted by Crippen LogP contribution is -2.05. The van der Waals surface area contributed by atoms with Crippen LogP contribution < -0.4 is 5.73 Å². The maximum Gasteiger partial charge on any atom is 0.198 e. The Bertz CT molecular complexity index is 261. The zero-order valence-corrected chi connectivity index (χ0v) is 5.93. The van der Waals surface area contributed by atoms with Gasteiger partial charge in [-0.1, -0.05) is 5.92 Å². The van der Waals surface area contributed by atoms with E-state index in [-0.39, 0.29) is 5.22 Å². The van der Waals surface area contributed by atoms with Gasteiger partial charge in [0.05, 0.1) is 12.3 Å². The van der Waals surface area contributed by atoms with Crippen LogP contribution in [0.15, 0.2) is 16.7 Å². The van der Waals surface area contributed by atoms with E-state index in [1.807, 2.05) is 0 Å². The maximum absolute atomic E-state index is 5.57. The highest BCUT2D eigenvalue weighted by Crippen LogP contribution is 2.21. The van der Waals surface area contributed by atoms with E-state index < -0.39 is 6.04 Å². The van der Waals surface area contributed by atoms with Crippen LogP contribution >= 0.6 is 11.6 Å². The van der Waals surface area contributed by atoms with Gasteiger partial charge in [0.15, 0.2) is 5.22 Å². The summed E-state index contributed by atoms with van der Waals surface area (Å²) in [5.41, 5.74) is 6.12. The topological polar surface area (TPSA) is 39.2 Å². The average molecular weight is 156 g/mol. The van der Waals surface area contributed by atoms with Crippen LogP contribution in [-0.4, -0.2) is 0 Å². The molecule has 2 N–H and O–H groups in total. The van der Waals surface area contributed by atoms with Gasteiger partial charge in [0.25, 0.3) is 0 Å². The second kappa shape index (κ2) is 2.78. The highest BCUT2D eigenvalue weighted by atomic mass is 35.5. The highest BCUT2D eigenvalue weighted by Gasteiger charge is 2.08. The van der Waals surface area contributed by atoms with E-state index in [9.17, 15) is 0 Å². The second-order valence-corrected chi connectivity index (χ2v) is 2.14. The molecule has 0 saturated heterocycles. The minimum absolute atomic E-state index is 0.269. The van der Waals surface area contributed by atoms with Crippen LogP contribution in [0.2, 0.25) is 5.22 Å². The molecule has 10 heavy (non-hydrogen) atoms. The van der Waals surface area contributed by atoms with Crippen LogP contribution in [-0.2, 0) is 0 Å². The Balaban J connectivity index is 2.96. The van der Waals surface area contributed by atoms with Gasteiger partial charge in [-0.15, -0.1) is 6.42 Å². The first-order valence-electron chi connectivity index (χ1n) is 2.70. The molecule has 0 radical (unpaired) electrons. The van der Waals surface area contributed by atoms with Gasteiger partial charge in [-0.3, -0.25) is 0 Å². The van der Waals surface area contributed by atoms with Crippen molar-refractivity contribution in [2.24, 2.45) is 5.73 Å². The largest absolute Gasteiger partial charge is 0.453 e. The number of furan rings is 1. The Kier molecular flexibility index (Phi) is 2.00. The predicted molar refractivity (Wildman–Crippen MR) is 39.5 cm³/mol. The van der Waals surface area contributed by atoms with Crippen molar-refractivity contribution in [2.75, 3.05) is 0 Å². The van der Waals surface area contributed by atoms with Crippen molar-refractivity contribution in [2.45, 2.75) is 6.04 Å². The summed E-state index contributed by atoms with van der Waals surface area (Å²) >= 11 is 5.57. The van der Waals surface area contributed by atoms with E-state index in [1.165, 1.54) is 6.26 Å². The number of terminal acetylenes is 1. The fraction of sp³-hybridized carbons (Fsp3) is 0.143. The zero-order valence-electron chi connectivity index (χ0n) is 5.17. The molecule has 1 aromatic rings. The van der Waals surface area contributed by atoms with Gasteiger partial charge in [-0.2, -0.15) is 0 Å². The molecule has 0 amide bonds. The van der Waals surface area contributed by atoms with E-state index in [1.54, 1.807) is 6.07 Å². The quantitative estimate of drug-likeness (QED) is 0.626. The van der Waals surface area contributed by atoms with E-state index in [0.717, 1.165) is 0 Å². The lowest BCUT2D eigenvalue weighted by Gasteiger charge is -1.98. The smallest absolute Gasteiger partial charge is 0.198 e. The number of hydrogen-bond donors (Lipinski definition) is 1. The fourth-order valence-corrected chi connectivity index (χ4v) is 0.848. The summed E-state index contributed by atoms with van der Waals surface area (Å²) < 4.78 is 4.78. The number of rotatable bonds is 1. The van der Waals surface area contributed by atoms with Gasteiger partial charge in [0, 0.05) is 5.56 Å². The first-order chi connectivity index (χ1) is 4.75. The SMILES string of the molecule is C#CC(N)c1ccoc1Cl. The van der Waals surface area contributed by atoms with Crippen molar-refractivity contribution >= 4 is 11.6 Å². The van der Waals surface area contributed by atoms with Gasteiger partial charge >= 0.3 is 0 Å². The molecule has 1 aromatic heterocycles. The molecule has 2 nitrogen and oxygen atoms in total. The normalized spacial score (nSPS) is 12.5. The Morgan fingerprint density at radius 3 is 2.90 bits per heavy atom. The highest BCUT2D eigenvalue weighted by molar-refractivity contribution is 6.29. The molecule has 0 aliphatic heterocycles. The standard InChI is InChI=1S/C7H6ClNO/c1-2-6(9)5-3-4-10-7(5)8/h1,3-4,6H,9H2. The minimum Gasteiger partial charge on any atom is -0.453 e. The molecule has 52 valence electrons. The van der Waals surface area contributed by atoms with Crippen molar-refractivity contribution in [3.63, 3.8) is 0 Å². The molecule has 0 saturated carbocycles. The Morgan fingerprint density at radius 2 is 2.50 bits per heavy atom. The molecule has 1 rings (SSSR count). The Hall–Kier alpha value is -0.910. The molecule has 0 aliphatic carbocycles. The fourth-order valence-electron chi connectivity index (χ4n) is 0.616. The van der Waals surface area contributed by atoms with Crippen molar-refractivity contribution in [1.29, 1.82) is 0 Å². The number of hydrogen-bond acceptors (Lipinski definition) is 2. The average Bonchev–Trinajstić information content (AvgIpc) is 2.34. The van der Waals surface area contributed by atoms with Crippen molar-refractivity contribution < 1.29 is 4.42 Å². The number of nitrogens with two attached hydrogens (primary N) is 1. The monoisotopic (exact) mass is 155 g/mol. The van der Waals surface area contributed by atoms with Gasteiger partial charge in [0.2, 0.25) is 0 Å². The van der Waals surface area contributed by atoms with E-state index in [0.29, 0.717) is 5.56 Å². The van der Waals surface area contributed by atoms with Crippen LogP contribution in [0, 0.1) is 12.3 Å². The van der Waals surface area contributed by atoms with E-state index in [2.05, 4.69) is 5.92 Å². The van der Waals surface area contributed by atoms with Crippen molar-refractivity contribution in [3.8, 4) is 12.3 Å². The molecule has 1 atom stereocenters. The Labute approximate surface area is 64.0 Å². The van der Waals surface area contributed by atoms with Gasteiger partial charge in [-0.05, 0) is 17.7 Å². The minimum atomic E-state index is -0.466. The third-order valence-corrected chi connectivity index (χ3v) is 1.47. The Morgan fingerprint density at radius 1 is 1.80 bits per heavy atom. The summed E-state index contributed by atoms with van der Waals surface area (Å²) in [6, 6.07) is 1.19. The molecule has 3 heteroatoms. The summed E-state index contributed by atoms with van der Waals surface area (Å²) in [5, 5.41) is 0.269. The second-order valence-electron chi connectivity index (χ2n) is 1.79. The molecule has 1 unspecified atom stereocenters. The van der Waals surface area contributed by atoms with Gasteiger partial charge < -0.3 is 10.2 Å². The summed E-state index contributed by atoms with van der Waals surface area (Å²) in [6.45, 7) is 0. The van der Waals surface area contributed by atoms with Crippen LogP contribution in [0.3, 0.4) is 0 Å². The van der Waals surface area contributed by atoms with Gasteiger partial charge in [0.1, 0.15) is 0 Å². The first-order valence-corrected chi connectivity index (χ1v) is 3.08. The number of halogens is 1. The summed E-state index contributed by atoms with van der Waals surface area (Å²) in [4.78, 5) is 0. The molecule has 0 fully saturated rings. The van der Waals surface area contributed by atoms with E-state index in [4.69, 9.17) is 28.2 Å². The summed E-state index contributed by atoms with van der Waals surface area (Å²) in [6.07, 6.45) is 6.51. The predicted octanol–water partition coefficient (Wildman–Crippen LogP) is 1.57. The molecule has 0 aromatic carbocycles. The molecule has 0 spiro atoms. The maximum atomic E-state index is 5.57. The molecular weight excluding hydrogens is 150 g/mol. The third kappa shape index (κ3) is 1.15. The van der Waals surface area contributed by atoms with Crippen molar-refractivity contribution in [3.05, 3.63) is 23.1 Å². The first kappa shape index (κ1) is 7.20. The summed E-state index contributed by atoms with van der Waals surface area (Å²) in [7, 11) is 0.